The number of carbonyl (C=O) groups excluding carboxylic acids is 2. The van der Waals surface area contributed by atoms with Crippen molar-refractivity contribution in [1.29, 1.82) is 0 Å². The van der Waals surface area contributed by atoms with Crippen LogP contribution in [0.25, 0.3) is 0 Å². The van der Waals surface area contributed by atoms with E-state index in [2.05, 4.69) is 15.2 Å². The molecule has 2 N–H and O–H groups in total. The standard InChI is InChI=1S/C23H29N3O4/c1-5-30-23(29)17-12-15(3)20(16(4)13-17)25-22(28)21-14(2)6-7-19(24-21)26-10-8-18(27)9-11-26/h6-7,12-13,18,27H,5,8-11H2,1-4H3,(H,25,28). The number of benzene rings is 1. The van der Waals surface area contributed by atoms with Crippen LogP contribution in [0.3, 0.4) is 0 Å². The lowest BCUT2D eigenvalue weighted by Gasteiger charge is -2.30. The molecule has 7 nitrogen and oxygen atoms in total. The van der Waals surface area contributed by atoms with Crippen molar-refractivity contribution in [2.75, 3.05) is 29.9 Å². The summed E-state index contributed by atoms with van der Waals surface area (Å²) in [5.41, 5.74) is 3.85. The van der Waals surface area contributed by atoms with Crippen molar-refractivity contribution < 1.29 is 19.4 Å². The predicted octanol–water partition coefficient (Wildman–Crippen LogP) is 3.40. The smallest absolute Gasteiger partial charge is 0.338 e. The van der Waals surface area contributed by atoms with Gasteiger partial charge in [-0.2, -0.15) is 0 Å². The number of ether oxygens (including phenoxy) is 1. The van der Waals surface area contributed by atoms with Crippen molar-refractivity contribution in [2.24, 2.45) is 0 Å². The van der Waals surface area contributed by atoms with Gasteiger partial charge in [0.05, 0.1) is 18.3 Å². The third-order valence-corrected chi connectivity index (χ3v) is 5.37. The Kier molecular flexibility index (Phi) is 6.72. The van der Waals surface area contributed by atoms with Crippen molar-refractivity contribution >= 4 is 23.4 Å². The van der Waals surface area contributed by atoms with Gasteiger partial charge in [0.2, 0.25) is 0 Å². The van der Waals surface area contributed by atoms with Gasteiger partial charge in [-0.15, -0.1) is 0 Å². The zero-order valence-corrected chi connectivity index (χ0v) is 18.0. The van der Waals surface area contributed by atoms with Gasteiger partial charge in [0.1, 0.15) is 11.5 Å². The maximum absolute atomic E-state index is 13.0. The number of amides is 1. The maximum Gasteiger partial charge on any atom is 0.338 e. The van der Waals surface area contributed by atoms with Crippen molar-refractivity contribution in [3.8, 4) is 0 Å². The SMILES string of the molecule is CCOC(=O)c1cc(C)c(NC(=O)c2nc(N3CCC(O)CC3)ccc2C)c(C)c1. The van der Waals surface area contributed by atoms with E-state index in [4.69, 9.17) is 4.74 Å². The Hall–Kier alpha value is -2.93. The van der Waals surface area contributed by atoms with Gasteiger partial charge in [0.25, 0.3) is 5.91 Å². The summed E-state index contributed by atoms with van der Waals surface area (Å²) in [6.45, 7) is 9.06. The molecular weight excluding hydrogens is 382 g/mol. The molecule has 1 aliphatic heterocycles. The summed E-state index contributed by atoms with van der Waals surface area (Å²) < 4.78 is 5.06. The Morgan fingerprint density at radius 3 is 2.37 bits per heavy atom. The molecule has 0 unspecified atom stereocenters. The molecule has 0 atom stereocenters. The summed E-state index contributed by atoms with van der Waals surface area (Å²) in [5.74, 6) is 0.0728. The van der Waals surface area contributed by atoms with E-state index >= 15 is 0 Å². The molecule has 2 heterocycles. The second kappa shape index (κ2) is 9.26. The van der Waals surface area contributed by atoms with E-state index < -0.39 is 0 Å². The number of aliphatic hydroxyl groups excluding tert-OH is 1. The third kappa shape index (κ3) is 4.79. The van der Waals surface area contributed by atoms with Crippen LogP contribution in [0.4, 0.5) is 11.5 Å². The van der Waals surface area contributed by atoms with Crippen LogP contribution in [0, 0.1) is 20.8 Å². The second-order valence-electron chi connectivity index (χ2n) is 7.71. The number of anilines is 2. The van der Waals surface area contributed by atoms with E-state index in [-0.39, 0.29) is 18.0 Å². The Morgan fingerprint density at radius 2 is 1.77 bits per heavy atom. The number of esters is 1. The highest BCUT2D eigenvalue weighted by Gasteiger charge is 2.21. The zero-order chi connectivity index (χ0) is 21.8. The van der Waals surface area contributed by atoms with Gasteiger partial charge in [-0.25, -0.2) is 9.78 Å². The van der Waals surface area contributed by atoms with Crippen LogP contribution >= 0.6 is 0 Å². The number of aliphatic hydroxyl groups is 1. The van der Waals surface area contributed by atoms with Gasteiger partial charge < -0.3 is 20.1 Å². The summed E-state index contributed by atoms with van der Waals surface area (Å²) in [5, 5.41) is 12.7. The molecule has 1 aromatic carbocycles. The lowest BCUT2D eigenvalue weighted by Crippen LogP contribution is -2.36. The topological polar surface area (TPSA) is 91.8 Å². The van der Waals surface area contributed by atoms with Gasteiger partial charge in [0, 0.05) is 18.8 Å². The number of rotatable bonds is 5. The molecule has 1 fully saturated rings. The molecule has 30 heavy (non-hydrogen) atoms. The number of aromatic nitrogens is 1. The first-order valence-electron chi connectivity index (χ1n) is 10.3. The van der Waals surface area contributed by atoms with Gasteiger partial charge in [-0.1, -0.05) is 6.07 Å². The molecule has 3 rings (SSSR count). The van der Waals surface area contributed by atoms with Crippen LogP contribution in [0.5, 0.6) is 0 Å². The second-order valence-corrected chi connectivity index (χ2v) is 7.71. The molecule has 1 aliphatic rings. The first kappa shape index (κ1) is 21.8. The van der Waals surface area contributed by atoms with Gasteiger partial charge in [-0.05, 0) is 75.4 Å². The molecule has 0 saturated carbocycles. The molecule has 7 heteroatoms. The summed E-state index contributed by atoms with van der Waals surface area (Å²) in [7, 11) is 0. The highest BCUT2D eigenvalue weighted by Crippen LogP contribution is 2.25. The minimum absolute atomic E-state index is 0.266. The highest BCUT2D eigenvalue weighted by molar-refractivity contribution is 6.05. The van der Waals surface area contributed by atoms with E-state index in [0.717, 1.165) is 22.5 Å². The summed E-state index contributed by atoms with van der Waals surface area (Å²) in [6, 6.07) is 7.24. The van der Waals surface area contributed by atoms with Crippen molar-refractivity contribution in [1.82, 2.24) is 4.98 Å². The number of nitrogens with one attached hydrogen (secondary N) is 1. The Bertz CT molecular complexity index is 926. The number of hydrogen-bond donors (Lipinski definition) is 2. The van der Waals surface area contributed by atoms with E-state index in [9.17, 15) is 14.7 Å². The summed E-state index contributed by atoms with van der Waals surface area (Å²) in [4.78, 5) is 31.7. The molecule has 0 spiro atoms. The maximum atomic E-state index is 13.0. The number of hydrogen-bond acceptors (Lipinski definition) is 6. The van der Waals surface area contributed by atoms with E-state index in [1.807, 2.05) is 32.9 Å². The molecule has 160 valence electrons. The van der Waals surface area contributed by atoms with Crippen LogP contribution in [0.15, 0.2) is 24.3 Å². The van der Waals surface area contributed by atoms with E-state index in [0.29, 0.717) is 49.5 Å². The molecule has 2 aromatic rings. The fourth-order valence-corrected chi connectivity index (χ4v) is 3.69. The largest absolute Gasteiger partial charge is 0.462 e. The Balaban J connectivity index is 1.82. The molecule has 0 aliphatic carbocycles. The van der Waals surface area contributed by atoms with Crippen LogP contribution < -0.4 is 10.2 Å². The molecule has 0 radical (unpaired) electrons. The van der Waals surface area contributed by atoms with Crippen LogP contribution in [0.1, 0.15) is 57.3 Å². The quantitative estimate of drug-likeness (QED) is 0.733. The number of aryl methyl sites for hydroxylation is 3. The molecule has 1 saturated heterocycles. The zero-order valence-electron chi connectivity index (χ0n) is 18.0. The minimum Gasteiger partial charge on any atom is -0.462 e. The average Bonchev–Trinajstić information content (AvgIpc) is 2.71. The number of nitrogens with zero attached hydrogens (tertiary/aromatic N) is 2. The predicted molar refractivity (Wildman–Crippen MR) is 116 cm³/mol. The Labute approximate surface area is 177 Å². The lowest BCUT2D eigenvalue weighted by molar-refractivity contribution is 0.0526. The lowest BCUT2D eigenvalue weighted by atomic mass is 10.0. The van der Waals surface area contributed by atoms with Crippen LogP contribution in [-0.2, 0) is 4.74 Å². The Morgan fingerprint density at radius 1 is 1.13 bits per heavy atom. The minimum atomic E-state index is -0.376. The van der Waals surface area contributed by atoms with Crippen molar-refractivity contribution in [3.05, 3.63) is 52.2 Å². The first-order valence-corrected chi connectivity index (χ1v) is 10.3. The van der Waals surface area contributed by atoms with Gasteiger partial charge in [0.15, 0.2) is 0 Å². The average molecular weight is 412 g/mol. The van der Waals surface area contributed by atoms with Crippen molar-refractivity contribution in [2.45, 2.75) is 46.6 Å². The fourth-order valence-electron chi connectivity index (χ4n) is 3.69. The summed E-state index contributed by atoms with van der Waals surface area (Å²) >= 11 is 0. The van der Waals surface area contributed by atoms with Gasteiger partial charge in [-0.3, -0.25) is 4.79 Å². The van der Waals surface area contributed by atoms with Crippen molar-refractivity contribution in [3.63, 3.8) is 0 Å². The molecular formula is C23H29N3O4. The van der Waals surface area contributed by atoms with Crippen LogP contribution in [0.2, 0.25) is 0 Å². The third-order valence-electron chi connectivity index (χ3n) is 5.37. The van der Waals surface area contributed by atoms with E-state index in [1.54, 1.807) is 19.1 Å². The number of pyridine rings is 1. The van der Waals surface area contributed by atoms with Crippen LogP contribution in [-0.4, -0.2) is 47.8 Å². The fraction of sp³-hybridized carbons (Fsp3) is 0.435. The van der Waals surface area contributed by atoms with Gasteiger partial charge >= 0.3 is 5.97 Å². The summed E-state index contributed by atoms with van der Waals surface area (Å²) in [6.07, 6.45) is 1.13. The van der Waals surface area contributed by atoms with E-state index in [1.165, 1.54) is 0 Å². The highest BCUT2D eigenvalue weighted by atomic mass is 16.5. The monoisotopic (exact) mass is 411 g/mol. The number of carbonyl (C=O) groups is 2. The molecule has 1 amide bonds. The normalized spacial score (nSPS) is 14.5. The molecule has 0 bridgehead atoms. The first-order chi connectivity index (χ1) is 14.3. The number of piperidine rings is 1. The molecule has 1 aromatic heterocycles.